The van der Waals surface area contributed by atoms with Gasteiger partial charge in [-0.25, -0.2) is 0 Å². The number of anilines is 1. The first kappa shape index (κ1) is 10.7. The summed E-state index contributed by atoms with van der Waals surface area (Å²) < 4.78 is 1.08. The highest BCUT2D eigenvalue weighted by Crippen LogP contribution is 2.31. The van der Waals surface area contributed by atoms with Crippen LogP contribution in [0.5, 0.6) is 0 Å². The van der Waals surface area contributed by atoms with E-state index in [4.69, 9.17) is 0 Å². The highest BCUT2D eigenvalue weighted by molar-refractivity contribution is 9.10. The summed E-state index contributed by atoms with van der Waals surface area (Å²) in [5.41, 5.74) is 2.34. The molecule has 0 spiro atoms. The number of carbonyl (C=O) groups is 1. The van der Waals surface area contributed by atoms with Gasteiger partial charge in [-0.2, -0.15) is 0 Å². The van der Waals surface area contributed by atoms with Crippen LogP contribution in [0.15, 0.2) is 22.7 Å². The van der Waals surface area contributed by atoms with E-state index in [1.807, 2.05) is 30.9 Å². The second-order valence-corrected chi connectivity index (χ2v) is 5.08. The number of hydrogen-bond acceptors (Lipinski definition) is 1. The van der Waals surface area contributed by atoms with Crippen molar-refractivity contribution in [3.8, 4) is 0 Å². The number of fused-ring (bicyclic) bond motifs is 1. The second kappa shape index (κ2) is 3.97. The van der Waals surface area contributed by atoms with Gasteiger partial charge in [0.1, 0.15) is 0 Å². The Hall–Kier alpha value is -0.830. The fourth-order valence-corrected chi connectivity index (χ4v) is 2.32. The number of amides is 1. The van der Waals surface area contributed by atoms with E-state index in [1.165, 1.54) is 5.56 Å². The Morgan fingerprint density at radius 3 is 2.87 bits per heavy atom. The minimum atomic E-state index is 0.0691. The number of carbonyl (C=O) groups excluding carboxylic acids is 1. The zero-order chi connectivity index (χ0) is 11.0. The molecule has 1 amide bonds. The second-order valence-electron chi connectivity index (χ2n) is 4.17. The number of benzene rings is 1. The minimum absolute atomic E-state index is 0.0691. The zero-order valence-corrected chi connectivity index (χ0v) is 10.5. The summed E-state index contributed by atoms with van der Waals surface area (Å²) in [7, 11) is 0. The Morgan fingerprint density at radius 1 is 1.47 bits per heavy atom. The SMILES string of the molecule is CC(C)C(=O)N1CCc2cc(Br)ccc21. The molecule has 0 unspecified atom stereocenters. The van der Waals surface area contributed by atoms with E-state index in [0.29, 0.717) is 0 Å². The van der Waals surface area contributed by atoms with Gasteiger partial charge in [-0.15, -0.1) is 0 Å². The van der Waals surface area contributed by atoms with E-state index in [2.05, 4.69) is 22.0 Å². The van der Waals surface area contributed by atoms with E-state index in [0.717, 1.165) is 23.1 Å². The predicted molar refractivity (Wildman–Crippen MR) is 65.0 cm³/mol. The quantitative estimate of drug-likeness (QED) is 0.766. The van der Waals surface area contributed by atoms with Gasteiger partial charge in [0, 0.05) is 22.6 Å². The lowest BCUT2D eigenvalue weighted by Crippen LogP contribution is -2.32. The first-order chi connectivity index (χ1) is 7.09. The van der Waals surface area contributed by atoms with Gasteiger partial charge in [-0.05, 0) is 30.2 Å². The molecule has 2 nitrogen and oxygen atoms in total. The largest absolute Gasteiger partial charge is 0.312 e. The van der Waals surface area contributed by atoms with Crippen LogP contribution < -0.4 is 4.90 Å². The summed E-state index contributed by atoms with van der Waals surface area (Å²) in [5, 5.41) is 0. The molecule has 1 aromatic carbocycles. The molecular formula is C12H14BrNO. The molecule has 3 heteroatoms. The Balaban J connectivity index is 2.33. The van der Waals surface area contributed by atoms with Crippen LogP contribution in [0.3, 0.4) is 0 Å². The van der Waals surface area contributed by atoms with Crippen molar-refractivity contribution in [3.05, 3.63) is 28.2 Å². The van der Waals surface area contributed by atoms with Gasteiger partial charge in [-0.1, -0.05) is 29.8 Å². The molecule has 0 N–H and O–H groups in total. The molecule has 0 aromatic heterocycles. The Labute approximate surface area is 98.4 Å². The van der Waals surface area contributed by atoms with Gasteiger partial charge in [0.05, 0.1) is 0 Å². The van der Waals surface area contributed by atoms with Gasteiger partial charge >= 0.3 is 0 Å². The molecule has 15 heavy (non-hydrogen) atoms. The zero-order valence-electron chi connectivity index (χ0n) is 8.96. The molecule has 1 aromatic rings. The van der Waals surface area contributed by atoms with E-state index < -0.39 is 0 Å². The minimum Gasteiger partial charge on any atom is -0.312 e. The monoisotopic (exact) mass is 267 g/mol. The smallest absolute Gasteiger partial charge is 0.229 e. The molecule has 1 aliphatic rings. The van der Waals surface area contributed by atoms with Gasteiger partial charge in [0.2, 0.25) is 5.91 Å². The predicted octanol–water partition coefficient (Wildman–Crippen LogP) is 2.99. The van der Waals surface area contributed by atoms with Gasteiger partial charge in [0.25, 0.3) is 0 Å². The van der Waals surface area contributed by atoms with Crippen molar-refractivity contribution < 1.29 is 4.79 Å². The summed E-state index contributed by atoms with van der Waals surface area (Å²) >= 11 is 3.45. The molecule has 0 atom stereocenters. The first-order valence-corrected chi connectivity index (χ1v) is 5.98. The molecule has 0 saturated carbocycles. The lowest BCUT2D eigenvalue weighted by atomic mass is 10.1. The lowest BCUT2D eigenvalue weighted by Gasteiger charge is -2.19. The maximum Gasteiger partial charge on any atom is 0.229 e. The third kappa shape index (κ3) is 1.93. The number of rotatable bonds is 1. The van der Waals surface area contributed by atoms with Crippen LogP contribution in [0.2, 0.25) is 0 Å². The van der Waals surface area contributed by atoms with Crippen LogP contribution in [0, 0.1) is 5.92 Å². The summed E-state index contributed by atoms with van der Waals surface area (Å²) in [6.07, 6.45) is 0.966. The average Bonchev–Trinajstić information content (AvgIpc) is 2.59. The lowest BCUT2D eigenvalue weighted by molar-refractivity contribution is -0.121. The molecule has 0 aliphatic carbocycles. The molecular weight excluding hydrogens is 254 g/mol. The normalized spacial score (nSPS) is 14.5. The fourth-order valence-electron chi connectivity index (χ4n) is 1.91. The Kier molecular flexibility index (Phi) is 2.83. The highest BCUT2D eigenvalue weighted by atomic mass is 79.9. The highest BCUT2D eigenvalue weighted by Gasteiger charge is 2.25. The number of hydrogen-bond donors (Lipinski definition) is 0. The topological polar surface area (TPSA) is 20.3 Å². The summed E-state index contributed by atoms with van der Waals surface area (Å²) in [6, 6.07) is 6.11. The van der Waals surface area contributed by atoms with Crippen LogP contribution >= 0.6 is 15.9 Å². The Bertz CT molecular complexity index is 401. The van der Waals surface area contributed by atoms with Crippen molar-refractivity contribution in [1.29, 1.82) is 0 Å². The van der Waals surface area contributed by atoms with Crippen molar-refractivity contribution in [2.45, 2.75) is 20.3 Å². The molecule has 0 fully saturated rings. The third-order valence-corrected chi connectivity index (χ3v) is 3.19. The Morgan fingerprint density at radius 2 is 2.20 bits per heavy atom. The van der Waals surface area contributed by atoms with Crippen molar-refractivity contribution in [2.24, 2.45) is 5.92 Å². The molecule has 0 saturated heterocycles. The maximum absolute atomic E-state index is 11.9. The first-order valence-electron chi connectivity index (χ1n) is 5.19. The maximum atomic E-state index is 11.9. The molecule has 0 radical (unpaired) electrons. The molecule has 2 rings (SSSR count). The third-order valence-electron chi connectivity index (χ3n) is 2.70. The van der Waals surface area contributed by atoms with Crippen LogP contribution in [0.1, 0.15) is 19.4 Å². The summed E-state index contributed by atoms with van der Waals surface area (Å²) in [6.45, 7) is 4.71. The van der Waals surface area contributed by atoms with Gasteiger partial charge < -0.3 is 4.90 Å². The van der Waals surface area contributed by atoms with E-state index in [1.54, 1.807) is 0 Å². The molecule has 1 aliphatic heterocycles. The molecule has 0 bridgehead atoms. The number of nitrogens with zero attached hydrogens (tertiary/aromatic N) is 1. The van der Waals surface area contributed by atoms with Gasteiger partial charge in [-0.3, -0.25) is 4.79 Å². The van der Waals surface area contributed by atoms with Crippen molar-refractivity contribution in [1.82, 2.24) is 0 Å². The fraction of sp³-hybridized carbons (Fsp3) is 0.417. The number of halogens is 1. The summed E-state index contributed by atoms with van der Waals surface area (Å²) in [4.78, 5) is 13.8. The van der Waals surface area contributed by atoms with Gasteiger partial charge in [0.15, 0.2) is 0 Å². The van der Waals surface area contributed by atoms with E-state index in [-0.39, 0.29) is 11.8 Å². The average molecular weight is 268 g/mol. The standard InChI is InChI=1S/C12H14BrNO/c1-8(2)12(15)14-6-5-9-7-10(13)3-4-11(9)14/h3-4,7-8H,5-6H2,1-2H3. The van der Waals surface area contributed by atoms with Crippen LogP contribution in [0.4, 0.5) is 5.69 Å². The van der Waals surface area contributed by atoms with Crippen LogP contribution in [-0.2, 0) is 11.2 Å². The van der Waals surface area contributed by atoms with Crippen molar-refractivity contribution in [2.75, 3.05) is 11.4 Å². The van der Waals surface area contributed by atoms with Crippen LogP contribution in [0.25, 0.3) is 0 Å². The van der Waals surface area contributed by atoms with Crippen LogP contribution in [-0.4, -0.2) is 12.5 Å². The van der Waals surface area contributed by atoms with Crippen molar-refractivity contribution in [3.63, 3.8) is 0 Å². The van der Waals surface area contributed by atoms with E-state index in [9.17, 15) is 4.79 Å². The van der Waals surface area contributed by atoms with Crippen molar-refractivity contribution >= 4 is 27.5 Å². The summed E-state index contributed by atoms with van der Waals surface area (Å²) in [5.74, 6) is 0.288. The van der Waals surface area contributed by atoms with E-state index >= 15 is 0 Å². The molecule has 1 heterocycles. The molecule has 80 valence electrons.